The van der Waals surface area contributed by atoms with Gasteiger partial charge in [-0.05, 0) is 23.8 Å². The van der Waals surface area contributed by atoms with Crippen molar-refractivity contribution in [3.05, 3.63) is 71.1 Å². The minimum absolute atomic E-state index is 0.0426. The normalized spacial score (nSPS) is 12.1. The summed E-state index contributed by atoms with van der Waals surface area (Å²) in [6.45, 7) is 0. The Morgan fingerprint density at radius 1 is 0.900 bits per heavy atom. The number of hydrogen-bond acceptors (Lipinski definition) is 3. The Kier molecular flexibility index (Phi) is 4.00. The van der Waals surface area contributed by atoms with Crippen molar-refractivity contribution in [3.8, 4) is 0 Å². The van der Waals surface area contributed by atoms with E-state index >= 15 is 0 Å². The van der Waals surface area contributed by atoms with E-state index in [9.17, 15) is 13.2 Å². The fraction of sp³-hybridized carbons (Fsp3) is 0. The molecule has 0 aromatic heterocycles. The topological polar surface area (TPSA) is 77.2 Å². The molecule has 2 N–H and O–H groups in total. The van der Waals surface area contributed by atoms with Crippen LogP contribution in [0.15, 0.2) is 70.5 Å². The summed E-state index contributed by atoms with van der Waals surface area (Å²) >= 11 is 0. The standard InChI is InChI=1S/C15H13NO3S/c16-15(17)14(11-12-7-3-1-4-8-12)20(18,19)13-9-5-2-6-10-13/h1-11H,(H2,16,17)/b14-11-. The molecule has 5 heteroatoms. The maximum Gasteiger partial charge on any atom is 0.260 e. The molecule has 0 bridgehead atoms. The van der Waals surface area contributed by atoms with Crippen LogP contribution in [-0.4, -0.2) is 14.3 Å². The number of nitrogens with two attached hydrogens (primary N) is 1. The largest absolute Gasteiger partial charge is 0.365 e. The molecule has 1 amide bonds. The summed E-state index contributed by atoms with van der Waals surface area (Å²) in [4.78, 5) is 11.1. The third-order valence-electron chi connectivity index (χ3n) is 2.68. The minimum atomic E-state index is -3.91. The van der Waals surface area contributed by atoms with Crippen LogP contribution in [0.5, 0.6) is 0 Å². The summed E-state index contributed by atoms with van der Waals surface area (Å²) in [5.74, 6) is -0.974. The minimum Gasteiger partial charge on any atom is -0.365 e. The van der Waals surface area contributed by atoms with Gasteiger partial charge in [0.15, 0.2) is 0 Å². The van der Waals surface area contributed by atoms with Crippen molar-refractivity contribution in [2.75, 3.05) is 0 Å². The van der Waals surface area contributed by atoms with Crippen molar-refractivity contribution in [3.63, 3.8) is 0 Å². The van der Waals surface area contributed by atoms with Crippen LogP contribution in [0, 0.1) is 0 Å². The van der Waals surface area contributed by atoms with Gasteiger partial charge in [0.2, 0.25) is 9.84 Å². The second kappa shape index (κ2) is 5.71. The van der Waals surface area contributed by atoms with Crippen LogP contribution in [0.4, 0.5) is 0 Å². The highest BCUT2D eigenvalue weighted by atomic mass is 32.2. The van der Waals surface area contributed by atoms with Gasteiger partial charge in [-0.2, -0.15) is 0 Å². The van der Waals surface area contributed by atoms with Crippen LogP contribution in [0.3, 0.4) is 0 Å². The average Bonchev–Trinajstić information content (AvgIpc) is 2.46. The number of hydrogen-bond donors (Lipinski definition) is 1. The molecule has 4 nitrogen and oxygen atoms in total. The number of carbonyl (C=O) groups is 1. The van der Waals surface area contributed by atoms with Crippen molar-refractivity contribution in [1.82, 2.24) is 0 Å². The highest BCUT2D eigenvalue weighted by Gasteiger charge is 2.24. The van der Waals surface area contributed by atoms with Crippen molar-refractivity contribution >= 4 is 21.8 Å². The maximum absolute atomic E-state index is 12.4. The van der Waals surface area contributed by atoms with E-state index in [0.29, 0.717) is 5.56 Å². The molecule has 0 spiro atoms. The SMILES string of the molecule is NC(=O)/C(=C/c1ccccc1)S(=O)(=O)c1ccccc1. The number of primary amides is 1. The van der Waals surface area contributed by atoms with E-state index in [-0.39, 0.29) is 4.90 Å². The number of carbonyl (C=O) groups excluding carboxylic acids is 1. The molecule has 2 rings (SSSR count). The Bertz CT molecular complexity index is 735. The van der Waals surface area contributed by atoms with Crippen molar-refractivity contribution < 1.29 is 13.2 Å². The van der Waals surface area contributed by atoms with Gasteiger partial charge in [0, 0.05) is 0 Å². The van der Waals surface area contributed by atoms with Gasteiger partial charge in [-0.15, -0.1) is 0 Å². The average molecular weight is 287 g/mol. The van der Waals surface area contributed by atoms with Gasteiger partial charge in [0.25, 0.3) is 5.91 Å². The molecule has 0 saturated heterocycles. The smallest absolute Gasteiger partial charge is 0.260 e. The summed E-state index contributed by atoms with van der Waals surface area (Å²) in [7, 11) is -3.91. The fourth-order valence-electron chi connectivity index (χ4n) is 1.71. The lowest BCUT2D eigenvalue weighted by molar-refractivity contribution is -0.113. The zero-order valence-corrected chi connectivity index (χ0v) is 11.4. The summed E-state index contributed by atoms with van der Waals surface area (Å²) < 4.78 is 24.8. The zero-order chi connectivity index (χ0) is 14.6. The lowest BCUT2D eigenvalue weighted by Gasteiger charge is -2.06. The molecular weight excluding hydrogens is 274 g/mol. The highest BCUT2D eigenvalue weighted by molar-refractivity contribution is 7.96. The van der Waals surface area contributed by atoms with E-state index in [4.69, 9.17) is 5.73 Å². The molecule has 0 unspecified atom stereocenters. The fourth-order valence-corrected chi connectivity index (χ4v) is 3.03. The van der Waals surface area contributed by atoms with Crippen LogP contribution in [0.1, 0.15) is 5.56 Å². The Balaban J connectivity index is 2.56. The molecule has 0 aliphatic heterocycles. The third kappa shape index (κ3) is 2.95. The van der Waals surface area contributed by atoms with Crippen molar-refractivity contribution in [2.24, 2.45) is 5.73 Å². The lowest BCUT2D eigenvalue weighted by atomic mass is 10.2. The van der Waals surface area contributed by atoms with Crippen LogP contribution in [-0.2, 0) is 14.6 Å². The number of sulfone groups is 1. The first-order valence-electron chi connectivity index (χ1n) is 5.88. The van der Waals surface area contributed by atoms with E-state index in [0.717, 1.165) is 0 Å². The predicted octanol–water partition coefficient (Wildman–Crippen LogP) is 1.99. The summed E-state index contributed by atoms with van der Waals surface area (Å²) in [6.07, 6.45) is 1.28. The van der Waals surface area contributed by atoms with E-state index < -0.39 is 20.6 Å². The van der Waals surface area contributed by atoms with Crippen LogP contribution >= 0.6 is 0 Å². The molecule has 0 fully saturated rings. The molecule has 0 aliphatic carbocycles. The van der Waals surface area contributed by atoms with Crippen molar-refractivity contribution in [2.45, 2.75) is 4.90 Å². The molecule has 0 heterocycles. The lowest BCUT2D eigenvalue weighted by Crippen LogP contribution is -2.21. The van der Waals surface area contributed by atoms with E-state index in [1.165, 1.54) is 18.2 Å². The molecule has 0 aliphatic rings. The van der Waals surface area contributed by atoms with Crippen molar-refractivity contribution in [1.29, 1.82) is 0 Å². The Labute approximate surface area is 117 Å². The van der Waals surface area contributed by atoms with Gasteiger partial charge in [0.05, 0.1) is 4.90 Å². The molecule has 0 atom stereocenters. The molecule has 20 heavy (non-hydrogen) atoms. The van der Waals surface area contributed by atoms with Gasteiger partial charge in [0.1, 0.15) is 4.91 Å². The number of rotatable bonds is 4. The molecule has 2 aromatic rings. The Morgan fingerprint density at radius 2 is 1.40 bits per heavy atom. The molecule has 0 radical (unpaired) electrons. The quantitative estimate of drug-likeness (QED) is 0.873. The van der Waals surface area contributed by atoms with Crippen LogP contribution < -0.4 is 5.73 Å². The first-order valence-corrected chi connectivity index (χ1v) is 7.37. The first-order chi connectivity index (χ1) is 9.51. The predicted molar refractivity (Wildman–Crippen MR) is 77.2 cm³/mol. The van der Waals surface area contributed by atoms with Gasteiger partial charge in [-0.25, -0.2) is 8.42 Å². The first kappa shape index (κ1) is 14.0. The molecule has 102 valence electrons. The second-order valence-corrected chi connectivity index (χ2v) is 6.02. The van der Waals surface area contributed by atoms with Crippen LogP contribution in [0.2, 0.25) is 0 Å². The second-order valence-electron chi connectivity index (χ2n) is 4.10. The van der Waals surface area contributed by atoms with Gasteiger partial charge >= 0.3 is 0 Å². The molecule has 0 saturated carbocycles. The van der Waals surface area contributed by atoms with Gasteiger partial charge < -0.3 is 5.73 Å². The van der Waals surface area contributed by atoms with Crippen LogP contribution in [0.25, 0.3) is 6.08 Å². The maximum atomic E-state index is 12.4. The summed E-state index contributed by atoms with van der Waals surface area (Å²) in [6, 6.07) is 16.4. The number of benzene rings is 2. The summed E-state index contributed by atoms with van der Waals surface area (Å²) in [5, 5.41) is 0. The van der Waals surface area contributed by atoms with E-state index in [2.05, 4.69) is 0 Å². The van der Waals surface area contributed by atoms with E-state index in [1.54, 1.807) is 48.5 Å². The Hall–Kier alpha value is -2.40. The number of amides is 1. The van der Waals surface area contributed by atoms with Gasteiger partial charge in [-0.3, -0.25) is 4.79 Å². The van der Waals surface area contributed by atoms with Gasteiger partial charge in [-0.1, -0.05) is 48.5 Å². The summed E-state index contributed by atoms with van der Waals surface area (Å²) in [5.41, 5.74) is 5.82. The molecule has 2 aromatic carbocycles. The Morgan fingerprint density at radius 3 is 1.90 bits per heavy atom. The third-order valence-corrected chi connectivity index (χ3v) is 4.47. The zero-order valence-electron chi connectivity index (χ0n) is 10.6. The van der Waals surface area contributed by atoms with E-state index in [1.807, 2.05) is 0 Å². The molecular formula is C15H13NO3S. The highest BCUT2D eigenvalue weighted by Crippen LogP contribution is 2.21. The monoisotopic (exact) mass is 287 g/mol.